The maximum absolute atomic E-state index is 12.5. The fourth-order valence-corrected chi connectivity index (χ4v) is 4.03. The normalized spacial score (nSPS) is 14.4. The molecule has 2 aromatic rings. The van der Waals surface area contributed by atoms with Gasteiger partial charge in [-0.2, -0.15) is 0 Å². The van der Waals surface area contributed by atoms with Gasteiger partial charge in [0.05, 0.1) is 18.2 Å². The fraction of sp³-hybridized carbons (Fsp3) is 0.316. The number of hydrogen-bond acceptors (Lipinski definition) is 4. The van der Waals surface area contributed by atoms with E-state index >= 15 is 0 Å². The Kier molecular flexibility index (Phi) is 6.16. The van der Waals surface area contributed by atoms with E-state index < -0.39 is 10.8 Å². The quantitative estimate of drug-likeness (QED) is 0.781. The van der Waals surface area contributed by atoms with Crippen LogP contribution in [0.5, 0.6) is 11.5 Å². The van der Waals surface area contributed by atoms with Crippen LogP contribution in [0.25, 0.3) is 0 Å². The third-order valence-electron chi connectivity index (χ3n) is 3.99. The number of para-hydroxylation sites is 1. The topological polar surface area (TPSA) is 55.8 Å². The minimum absolute atomic E-state index is 0.0581. The molecular formula is C19H20ClNO4S. The average molecular weight is 394 g/mol. The molecular weight excluding hydrogens is 374 g/mol. The summed E-state index contributed by atoms with van der Waals surface area (Å²) in [5.74, 6) is 1.06. The number of anilines is 1. The predicted octanol–water partition coefficient (Wildman–Crippen LogP) is 3.41. The highest BCUT2D eigenvalue weighted by Crippen LogP contribution is 2.38. The van der Waals surface area contributed by atoms with Crippen LogP contribution in [0.15, 0.2) is 42.5 Å². The summed E-state index contributed by atoms with van der Waals surface area (Å²) in [5, 5.41) is 0.434. The molecule has 1 aliphatic rings. The van der Waals surface area contributed by atoms with E-state index in [0.717, 1.165) is 17.7 Å². The van der Waals surface area contributed by atoms with Gasteiger partial charge < -0.3 is 14.4 Å². The average Bonchev–Trinajstić information content (AvgIpc) is 2.87. The lowest BCUT2D eigenvalue weighted by molar-refractivity contribution is -0.115. The first-order chi connectivity index (χ1) is 12.5. The van der Waals surface area contributed by atoms with Crippen molar-refractivity contribution in [2.45, 2.75) is 12.2 Å². The van der Waals surface area contributed by atoms with E-state index in [2.05, 4.69) is 0 Å². The van der Waals surface area contributed by atoms with Crippen molar-refractivity contribution >= 4 is 34.0 Å². The van der Waals surface area contributed by atoms with E-state index in [1.165, 1.54) is 4.90 Å². The lowest BCUT2D eigenvalue weighted by Crippen LogP contribution is -2.30. The second-order valence-electron chi connectivity index (χ2n) is 5.97. The lowest BCUT2D eigenvalue weighted by atomic mass is 10.2. The molecule has 26 heavy (non-hydrogen) atoms. The van der Waals surface area contributed by atoms with Gasteiger partial charge in [-0.25, -0.2) is 0 Å². The van der Waals surface area contributed by atoms with E-state index in [1.807, 2.05) is 30.3 Å². The first-order valence-electron chi connectivity index (χ1n) is 8.29. The molecule has 3 rings (SSSR count). The molecule has 138 valence electrons. The number of halogens is 1. The van der Waals surface area contributed by atoms with Crippen LogP contribution < -0.4 is 14.4 Å². The van der Waals surface area contributed by atoms with Crippen LogP contribution in [0.4, 0.5) is 5.69 Å². The Balaban J connectivity index is 1.66. The molecule has 0 bridgehead atoms. The second kappa shape index (κ2) is 8.56. The summed E-state index contributed by atoms with van der Waals surface area (Å²) >= 11 is 6.26. The Morgan fingerprint density at radius 1 is 1.19 bits per heavy atom. The molecule has 0 N–H and O–H groups in total. The van der Waals surface area contributed by atoms with Crippen LogP contribution in [0, 0.1) is 0 Å². The van der Waals surface area contributed by atoms with Gasteiger partial charge in [0.15, 0.2) is 11.5 Å². The number of ether oxygens (including phenoxy) is 2. The summed E-state index contributed by atoms with van der Waals surface area (Å²) in [5.41, 5.74) is 1.53. The molecule has 0 spiro atoms. The summed E-state index contributed by atoms with van der Waals surface area (Å²) < 4.78 is 23.7. The van der Waals surface area contributed by atoms with E-state index in [9.17, 15) is 9.00 Å². The standard InChI is InChI=1S/C19H20ClNO4S/c1-21(15-6-3-2-4-7-15)18(22)13-26(23)12-14-10-16(20)19-17(11-14)24-8-5-9-25-19/h2-4,6-7,10-11H,5,8-9,12-13H2,1H3. The van der Waals surface area contributed by atoms with Crippen LogP contribution in [0.2, 0.25) is 5.02 Å². The first-order valence-corrected chi connectivity index (χ1v) is 10.2. The Bertz CT molecular complexity index is 813. The number of nitrogens with zero attached hydrogens (tertiary/aromatic N) is 1. The molecule has 5 nitrogen and oxygen atoms in total. The van der Waals surface area contributed by atoms with Gasteiger partial charge in [-0.1, -0.05) is 29.8 Å². The van der Waals surface area contributed by atoms with Gasteiger partial charge in [-0.15, -0.1) is 0 Å². The van der Waals surface area contributed by atoms with Gasteiger partial charge in [0, 0.05) is 35.7 Å². The zero-order chi connectivity index (χ0) is 18.5. The van der Waals surface area contributed by atoms with Gasteiger partial charge in [0.1, 0.15) is 5.75 Å². The monoisotopic (exact) mass is 393 g/mol. The molecule has 0 saturated heterocycles. The molecule has 0 radical (unpaired) electrons. The van der Waals surface area contributed by atoms with Crippen molar-refractivity contribution in [3.05, 3.63) is 53.1 Å². The van der Waals surface area contributed by atoms with Crippen LogP contribution in [-0.2, 0) is 21.3 Å². The van der Waals surface area contributed by atoms with Crippen LogP contribution in [0.3, 0.4) is 0 Å². The molecule has 1 heterocycles. The van der Waals surface area contributed by atoms with Crippen LogP contribution >= 0.6 is 11.6 Å². The largest absolute Gasteiger partial charge is 0.489 e. The third kappa shape index (κ3) is 4.56. The van der Waals surface area contributed by atoms with Crippen molar-refractivity contribution in [3.8, 4) is 11.5 Å². The number of carbonyl (C=O) groups is 1. The zero-order valence-electron chi connectivity index (χ0n) is 14.4. The Morgan fingerprint density at radius 2 is 1.92 bits per heavy atom. The van der Waals surface area contributed by atoms with Crippen LogP contribution in [-0.4, -0.2) is 36.1 Å². The first kappa shape index (κ1) is 18.7. The SMILES string of the molecule is CN(C(=O)CS(=O)Cc1cc(Cl)c2c(c1)OCCCO2)c1ccccc1. The summed E-state index contributed by atoms with van der Waals surface area (Å²) in [7, 11) is 0.325. The maximum Gasteiger partial charge on any atom is 0.239 e. The number of hydrogen-bond donors (Lipinski definition) is 0. The highest BCUT2D eigenvalue weighted by Gasteiger charge is 2.18. The Morgan fingerprint density at radius 3 is 2.69 bits per heavy atom. The number of benzene rings is 2. The molecule has 1 atom stereocenters. The highest BCUT2D eigenvalue weighted by atomic mass is 35.5. The molecule has 7 heteroatoms. The van der Waals surface area contributed by atoms with Crippen molar-refractivity contribution in [1.82, 2.24) is 0 Å². The van der Waals surface area contributed by atoms with Crippen molar-refractivity contribution in [3.63, 3.8) is 0 Å². The number of rotatable bonds is 5. The Hall–Kier alpha value is -2.05. The van der Waals surface area contributed by atoms with Crippen LogP contribution in [0.1, 0.15) is 12.0 Å². The van der Waals surface area contributed by atoms with E-state index in [-0.39, 0.29) is 17.4 Å². The molecule has 1 aliphatic heterocycles. The smallest absolute Gasteiger partial charge is 0.239 e. The second-order valence-corrected chi connectivity index (χ2v) is 7.84. The van der Waals surface area contributed by atoms with Crippen molar-refractivity contribution in [2.24, 2.45) is 0 Å². The Labute approximate surface area is 160 Å². The molecule has 1 unspecified atom stereocenters. The molecule has 0 aliphatic carbocycles. The van der Waals surface area contributed by atoms with Crippen molar-refractivity contribution in [2.75, 3.05) is 30.9 Å². The summed E-state index contributed by atoms with van der Waals surface area (Å²) in [6.45, 7) is 1.11. The van der Waals surface area contributed by atoms with E-state index in [0.29, 0.717) is 29.7 Å². The molecule has 0 fully saturated rings. The lowest BCUT2D eigenvalue weighted by Gasteiger charge is -2.17. The van der Waals surface area contributed by atoms with Gasteiger partial charge >= 0.3 is 0 Å². The highest BCUT2D eigenvalue weighted by molar-refractivity contribution is 7.84. The molecule has 1 amide bonds. The summed E-state index contributed by atoms with van der Waals surface area (Å²) in [6, 6.07) is 12.8. The van der Waals surface area contributed by atoms with E-state index in [4.69, 9.17) is 21.1 Å². The zero-order valence-corrected chi connectivity index (χ0v) is 16.0. The minimum Gasteiger partial charge on any atom is -0.489 e. The molecule has 2 aromatic carbocycles. The molecule has 0 saturated carbocycles. The van der Waals surface area contributed by atoms with Crippen molar-refractivity contribution in [1.29, 1.82) is 0 Å². The predicted molar refractivity (Wildman–Crippen MR) is 104 cm³/mol. The van der Waals surface area contributed by atoms with Gasteiger partial charge in [-0.05, 0) is 29.8 Å². The molecule has 0 aromatic heterocycles. The van der Waals surface area contributed by atoms with Crippen molar-refractivity contribution < 1.29 is 18.5 Å². The van der Waals surface area contributed by atoms with Gasteiger partial charge in [-0.3, -0.25) is 9.00 Å². The number of amides is 1. The maximum atomic E-state index is 12.5. The minimum atomic E-state index is -1.36. The van der Waals surface area contributed by atoms with Gasteiger partial charge in [0.2, 0.25) is 5.91 Å². The fourth-order valence-electron chi connectivity index (χ4n) is 2.63. The van der Waals surface area contributed by atoms with E-state index in [1.54, 1.807) is 19.2 Å². The summed E-state index contributed by atoms with van der Waals surface area (Å²) in [6.07, 6.45) is 0.784. The number of fused-ring (bicyclic) bond motifs is 1. The number of carbonyl (C=O) groups excluding carboxylic acids is 1. The van der Waals surface area contributed by atoms with Gasteiger partial charge in [0.25, 0.3) is 0 Å². The third-order valence-corrected chi connectivity index (χ3v) is 5.50. The summed E-state index contributed by atoms with van der Waals surface area (Å²) in [4.78, 5) is 13.9.